The summed E-state index contributed by atoms with van der Waals surface area (Å²) in [5.41, 5.74) is 1.51. The van der Waals surface area contributed by atoms with Gasteiger partial charge in [0.25, 0.3) is 0 Å². The van der Waals surface area contributed by atoms with E-state index < -0.39 is 0 Å². The predicted molar refractivity (Wildman–Crippen MR) is 62.9 cm³/mol. The second-order valence-corrected chi connectivity index (χ2v) is 5.15. The molecule has 1 N–H and O–H groups in total. The molecule has 15 heavy (non-hydrogen) atoms. The fraction of sp³-hybridized carbons (Fsp3) is 0.571. The van der Waals surface area contributed by atoms with Gasteiger partial charge in [0.05, 0.1) is 0 Å². The molecule has 2 fully saturated rings. The second-order valence-electron chi connectivity index (χ2n) is 5.15. The quantitative estimate of drug-likeness (QED) is 0.775. The van der Waals surface area contributed by atoms with E-state index in [-0.39, 0.29) is 0 Å². The van der Waals surface area contributed by atoms with E-state index in [9.17, 15) is 0 Å². The minimum Gasteiger partial charge on any atom is -0.311 e. The highest BCUT2D eigenvalue weighted by Gasteiger charge is 2.40. The van der Waals surface area contributed by atoms with Gasteiger partial charge >= 0.3 is 0 Å². The van der Waals surface area contributed by atoms with E-state index in [1.807, 2.05) is 0 Å². The van der Waals surface area contributed by atoms with Crippen molar-refractivity contribution in [3.8, 4) is 0 Å². The SMILES string of the molecule is CC1NC(C2CC2)CC1c1ccccc1. The number of nitrogens with one attached hydrogen (secondary N) is 1. The van der Waals surface area contributed by atoms with Gasteiger partial charge in [-0.05, 0) is 37.7 Å². The Balaban J connectivity index is 1.76. The molecule has 0 aromatic heterocycles. The van der Waals surface area contributed by atoms with Crippen LogP contribution in [0.5, 0.6) is 0 Å². The molecule has 3 unspecified atom stereocenters. The standard InChI is InChI=1S/C14H19N/c1-10-13(11-5-3-2-4-6-11)9-14(15-10)12-7-8-12/h2-6,10,12-15H,7-9H2,1H3. The van der Waals surface area contributed by atoms with E-state index in [4.69, 9.17) is 0 Å². The smallest absolute Gasteiger partial charge is 0.0111 e. The van der Waals surface area contributed by atoms with Crippen molar-refractivity contribution < 1.29 is 0 Å². The first-order valence-electron chi connectivity index (χ1n) is 6.15. The fourth-order valence-corrected chi connectivity index (χ4v) is 2.95. The monoisotopic (exact) mass is 201 g/mol. The average molecular weight is 201 g/mol. The summed E-state index contributed by atoms with van der Waals surface area (Å²) in [6.45, 7) is 2.33. The van der Waals surface area contributed by atoms with Crippen LogP contribution in [0, 0.1) is 5.92 Å². The average Bonchev–Trinajstić information content (AvgIpc) is 3.04. The summed E-state index contributed by atoms with van der Waals surface area (Å²) in [5.74, 6) is 1.72. The highest BCUT2D eigenvalue weighted by atomic mass is 15.0. The molecule has 1 heteroatoms. The third-order valence-corrected chi connectivity index (χ3v) is 4.01. The first-order valence-corrected chi connectivity index (χ1v) is 6.15. The van der Waals surface area contributed by atoms with E-state index in [2.05, 4.69) is 42.6 Å². The highest BCUT2D eigenvalue weighted by molar-refractivity contribution is 5.23. The van der Waals surface area contributed by atoms with Crippen LogP contribution in [0.2, 0.25) is 0 Å². The molecule has 2 aliphatic rings. The Morgan fingerprint density at radius 1 is 1.13 bits per heavy atom. The van der Waals surface area contributed by atoms with Crippen molar-refractivity contribution in [3.63, 3.8) is 0 Å². The van der Waals surface area contributed by atoms with Crippen molar-refractivity contribution in [3.05, 3.63) is 35.9 Å². The molecule has 80 valence electrons. The normalized spacial score (nSPS) is 35.7. The molecule has 3 rings (SSSR count). The van der Waals surface area contributed by atoms with Crippen molar-refractivity contribution in [1.29, 1.82) is 0 Å². The zero-order chi connectivity index (χ0) is 10.3. The Hall–Kier alpha value is -0.820. The van der Waals surface area contributed by atoms with Crippen LogP contribution >= 0.6 is 0 Å². The summed E-state index contributed by atoms with van der Waals surface area (Å²) >= 11 is 0. The van der Waals surface area contributed by atoms with Crippen LogP contribution < -0.4 is 5.32 Å². The van der Waals surface area contributed by atoms with E-state index in [1.54, 1.807) is 0 Å². The maximum absolute atomic E-state index is 3.76. The lowest BCUT2D eigenvalue weighted by Gasteiger charge is -2.14. The topological polar surface area (TPSA) is 12.0 Å². The minimum absolute atomic E-state index is 0.651. The molecule has 1 nitrogen and oxygen atoms in total. The van der Waals surface area contributed by atoms with Gasteiger partial charge in [-0.3, -0.25) is 0 Å². The summed E-state index contributed by atoms with van der Waals surface area (Å²) in [7, 11) is 0. The lowest BCUT2D eigenvalue weighted by Crippen LogP contribution is -2.29. The van der Waals surface area contributed by atoms with E-state index in [0.717, 1.165) is 17.9 Å². The van der Waals surface area contributed by atoms with Gasteiger partial charge in [0, 0.05) is 18.0 Å². The Bertz CT molecular complexity index is 328. The van der Waals surface area contributed by atoms with Crippen LogP contribution in [-0.2, 0) is 0 Å². The molecule has 1 aliphatic heterocycles. The number of benzene rings is 1. The first-order chi connectivity index (χ1) is 7.34. The zero-order valence-electron chi connectivity index (χ0n) is 9.32. The first kappa shape index (κ1) is 9.41. The lowest BCUT2D eigenvalue weighted by molar-refractivity contribution is 0.509. The van der Waals surface area contributed by atoms with Crippen molar-refractivity contribution >= 4 is 0 Å². The number of hydrogen-bond donors (Lipinski definition) is 1. The van der Waals surface area contributed by atoms with E-state index >= 15 is 0 Å². The summed E-state index contributed by atoms with van der Waals surface area (Å²) in [5, 5.41) is 3.76. The summed E-state index contributed by atoms with van der Waals surface area (Å²) < 4.78 is 0. The van der Waals surface area contributed by atoms with Gasteiger partial charge in [0.15, 0.2) is 0 Å². The van der Waals surface area contributed by atoms with Crippen LogP contribution in [0.15, 0.2) is 30.3 Å². The molecular formula is C14H19N. The van der Waals surface area contributed by atoms with Crippen LogP contribution in [0.1, 0.15) is 37.7 Å². The summed E-state index contributed by atoms with van der Waals surface area (Å²) in [6.07, 6.45) is 4.24. The Morgan fingerprint density at radius 2 is 1.87 bits per heavy atom. The molecular weight excluding hydrogens is 182 g/mol. The van der Waals surface area contributed by atoms with Crippen LogP contribution in [0.25, 0.3) is 0 Å². The van der Waals surface area contributed by atoms with Crippen molar-refractivity contribution in [2.24, 2.45) is 5.92 Å². The second kappa shape index (κ2) is 3.64. The van der Waals surface area contributed by atoms with Gasteiger partial charge < -0.3 is 5.32 Å². The van der Waals surface area contributed by atoms with Crippen molar-refractivity contribution in [2.45, 2.75) is 44.2 Å². The molecule has 1 saturated carbocycles. The Labute approximate surface area is 91.9 Å². The molecule has 0 radical (unpaired) electrons. The molecule has 1 aromatic carbocycles. The van der Waals surface area contributed by atoms with E-state index in [1.165, 1.54) is 24.8 Å². The summed E-state index contributed by atoms with van der Waals surface area (Å²) in [6, 6.07) is 12.4. The number of rotatable bonds is 2. The zero-order valence-corrected chi connectivity index (χ0v) is 9.32. The minimum atomic E-state index is 0.651. The molecule has 1 saturated heterocycles. The predicted octanol–water partition coefficient (Wildman–Crippen LogP) is 2.93. The van der Waals surface area contributed by atoms with Crippen LogP contribution in [-0.4, -0.2) is 12.1 Å². The summed E-state index contributed by atoms with van der Waals surface area (Å²) in [4.78, 5) is 0. The molecule has 1 heterocycles. The van der Waals surface area contributed by atoms with Gasteiger partial charge in [-0.2, -0.15) is 0 Å². The molecule has 1 aliphatic carbocycles. The molecule has 0 bridgehead atoms. The molecule has 1 aromatic rings. The van der Waals surface area contributed by atoms with Crippen LogP contribution in [0.3, 0.4) is 0 Å². The van der Waals surface area contributed by atoms with E-state index in [0.29, 0.717) is 6.04 Å². The van der Waals surface area contributed by atoms with Gasteiger partial charge in [-0.25, -0.2) is 0 Å². The number of hydrogen-bond acceptors (Lipinski definition) is 1. The molecule has 3 atom stereocenters. The van der Waals surface area contributed by atoms with Crippen molar-refractivity contribution in [1.82, 2.24) is 5.32 Å². The van der Waals surface area contributed by atoms with Gasteiger partial charge in [-0.15, -0.1) is 0 Å². The maximum Gasteiger partial charge on any atom is 0.0111 e. The largest absolute Gasteiger partial charge is 0.311 e. The third kappa shape index (κ3) is 1.81. The lowest BCUT2D eigenvalue weighted by atomic mass is 9.91. The van der Waals surface area contributed by atoms with Gasteiger partial charge in [0.1, 0.15) is 0 Å². The van der Waals surface area contributed by atoms with Gasteiger partial charge in [0.2, 0.25) is 0 Å². The van der Waals surface area contributed by atoms with Crippen molar-refractivity contribution in [2.75, 3.05) is 0 Å². The van der Waals surface area contributed by atoms with Gasteiger partial charge in [-0.1, -0.05) is 30.3 Å². The maximum atomic E-state index is 3.76. The molecule has 0 spiro atoms. The Morgan fingerprint density at radius 3 is 2.53 bits per heavy atom. The Kier molecular flexibility index (Phi) is 2.28. The molecule has 0 amide bonds. The van der Waals surface area contributed by atoms with Crippen LogP contribution in [0.4, 0.5) is 0 Å². The third-order valence-electron chi connectivity index (χ3n) is 4.01. The fourth-order valence-electron chi connectivity index (χ4n) is 2.95. The highest BCUT2D eigenvalue weighted by Crippen LogP contribution is 2.41.